The van der Waals surface area contributed by atoms with Gasteiger partial charge in [-0.3, -0.25) is 0 Å². The highest BCUT2D eigenvalue weighted by Gasteiger charge is 2.35. The highest BCUT2D eigenvalue weighted by Crippen LogP contribution is 2.42. The molecule has 6 heteroatoms. The summed E-state index contributed by atoms with van der Waals surface area (Å²) in [4.78, 5) is 9.29. The Morgan fingerprint density at radius 2 is 2.19 bits per heavy atom. The van der Waals surface area contributed by atoms with Crippen molar-refractivity contribution in [3.63, 3.8) is 0 Å². The molecule has 1 aliphatic carbocycles. The topological polar surface area (TPSA) is 30.7 Å². The lowest BCUT2D eigenvalue weighted by Gasteiger charge is -2.28. The zero-order valence-electron chi connectivity index (χ0n) is 12.3. The third kappa shape index (κ3) is 2.97. The normalized spacial score (nSPS) is 19.2. The van der Waals surface area contributed by atoms with Crippen LogP contribution in [0.1, 0.15) is 43.8 Å². The van der Waals surface area contributed by atoms with E-state index < -0.39 is 0 Å². The molecule has 0 amide bonds. The molecule has 3 nitrogen and oxygen atoms in total. The number of rotatable bonds is 4. The second kappa shape index (κ2) is 6.09. The van der Waals surface area contributed by atoms with Crippen LogP contribution in [-0.2, 0) is 6.54 Å². The van der Waals surface area contributed by atoms with E-state index in [0.717, 1.165) is 28.0 Å². The molecule has 1 aliphatic rings. The molecular weight excluding hydrogens is 370 g/mol. The molecule has 2 aromatic rings. The van der Waals surface area contributed by atoms with Gasteiger partial charge in [0.25, 0.3) is 0 Å². The molecule has 0 bridgehead atoms. The number of pyridine rings is 1. The van der Waals surface area contributed by atoms with Crippen LogP contribution >= 0.6 is 39.3 Å². The van der Waals surface area contributed by atoms with Crippen molar-refractivity contribution in [2.24, 2.45) is 0 Å². The van der Waals surface area contributed by atoms with Gasteiger partial charge in [-0.15, -0.1) is 11.6 Å². The molecule has 0 N–H and O–H groups in total. The van der Waals surface area contributed by atoms with E-state index in [1.165, 1.54) is 25.7 Å². The molecule has 1 fully saturated rings. The van der Waals surface area contributed by atoms with E-state index in [2.05, 4.69) is 31.7 Å². The van der Waals surface area contributed by atoms with Crippen LogP contribution in [0.4, 0.5) is 0 Å². The summed E-state index contributed by atoms with van der Waals surface area (Å²) in [6, 6.07) is 2.02. The summed E-state index contributed by atoms with van der Waals surface area (Å²) in [6.45, 7) is 2.93. The summed E-state index contributed by atoms with van der Waals surface area (Å²) in [5.74, 6) is 0.928. The Hall–Kier alpha value is -0.260. The Morgan fingerprint density at radius 3 is 2.81 bits per heavy atom. The first-order valence-electron chi connectivity index (χ1n) is 7.25. The SMILES string of the molecule is CSC1(Cn2c(C(C)Cl)nc3cc(Br)cnc32)CCCC1. The Bertz CT molecular complexity index is 650. The summed E-state index contributed by atoms with van der Waals surface area (Å²) >= 11 is 11.8. The van der Waals surface area contributed by atoms with Crippen molar-refractivity contribution >= 4 is 50.5 Å². The Morgan fingerprint density at radius 1 is 1.48 bits per heavy atom. The van der Waals surface area contributed by atoms with Gasteiger partial charge in [0, 0.05) is 22.0 Å². The van der Waals surface area contributed by atoms with Gasteiger partial charge in [0.05, 0.1) is 5.38 Å². The zero-order chi connectivity index (χ0) is 15.0. The second-order valence-electron chi connectivity index (χ2n) is 5.76. The number of hydrogen-bond acceptors (Lipinski definition) is 3. The maximum absolute atomic E-state index is 6.36. The van der Waals surface area contributed by atoms with Gasteiger partial charge in [0.1, 0.15) is 11.3 Å². The van der Waals surface area contributed by atoms with E-state index in [9.17, 15) is 0 Å². The minimum Gasteiger partial charge on any atom is -0.310 e. The molecule has 0 saturated heterocycles. The summed E-state index contributed by atoms with van der Waals surface area (Å²) in [7, 11) is 0. The molecule has 1 saturated carbocycles. The van der Waals surface area contributed by atoms with E-state index in [0.29, 0.717) is 4.75 Å². The third-order valence-electron chi connectivity index (χ3n) is 4.33. The summed E-state index contributed by atoms with van der Waals surface area (Å²) in [5.41, 5.74) is 1.86. The quantitative estimate of drug-likeness (QED) is 0.677. The monoisotopic (exact) mass is 387 g/mol. The molecule has 2 heterocycles. The number of aromatic nitrogens is 3. The molecule has 0 radical (unpaired) electrons. The molecule has 3 rings (SSSR count). The van der Waals surface area contributed by atoms with Crippen LogP contribution in [0, 0.1) is 0 Å². The molecule has 1 unspecified atom stereocenters. The van der Waals surface area contributed by atoms with Crippen LogP contribution in [0.5, 0.6) is 0 Å². The van der Waals surface area contributed by atoms with Gasteiger partial charge in [-0.05, 0) is 48.0 Å². The van der Waals surface area contributed by atoms with E-state index in [-0.39, 0.29) is 5.38 Å². The number of hydrogen-bond donors (Lipinski definition) is 0. The third-order valence-corrected chi connectivity index (χ3v) is 6.36. The lowest BCUT2D eigenvalue weighted by atomic mass is 10.1. The average molecular weight is 389 g/mol. The number of imidazole rings is 1. The fraction of sp³-hybridized carbons (Fsp3) is 0.600. The van der Waals surface area contributed by atoms with E-state index >= 15 is 0 Å². The molecular formula is C15H19BrClN3S. The number of nitrogens with zero attached hydrogens (tertiary/aromatic N) is 3. The van der Waals surface area contributed by atoms with E-state index in [4.69, 9.17) is 16.6 Å². The maximum atomic E-state index is 6.36. The van der Waals surface area contributed by atoms with Crippen molar-refractivity contribution in [1.82, 2.24) is 14.5 Å². The van der Waals surface area contributed by atoms with Crippen LogP contribution in [0.15, 0.2) is 16.7 Å². The van der Waals surface area contributed by atoms with Gasteiger partial charge in [-0.2, -0.15) is 11.8 Å². The average Bonchev–Trinajstić information content (AvgIpc) is 3.05. The second-order valence-corrected chi connectivity index (χ2v) is 8.61. The summed E-state index contributed by atoms with van der Waals surface area (Å²) in [5, 5.41) is -0.113. The van der Waals surface area contributed by atoms with Gasteiger partial charge >= 0.3 is 0 Å². The van der Waals surface area contributed by atoms with Crippen molar-refractivity contribution in [3.8, 4) is 0 Å². The Labute approximate surface area is 143 Å². The first-order valence-corrected chi connectivity index (χ1v) is 9.71. The lowest BCUT2D eigenvalue weighted by Crippen LogP contribution is -2.28. The molecule has 21 heavy (non-hydrogen) atoms. The van der Waals surface area contributed by atoms with Crippen molar-refractivity contribution in [2.45, 2.75) is 49.3 Å². The minimum atomic E-state index is -0.113. The fourth-order valence-corrected chi connectivity index (χ4v) is 4.64. The maximum Gasteiger partial charge on any atom is 0.160 e. The van der Waals surface area contributed by atoms with Gasteiger partial charge in [0.15, 0.2) is 5.65 Å². The highest BCUT2D eigenvalue weighted by molar-refractivity contribution is 9.10. The van der Waals surface area contributed by atoms with Crippen LogP contribution < -0.4 is 0 Å². The number of alkyl halides is 1. The largest absolute Gasteiger partial charge is 0.310 e. The van der Waals surface area contributed by atoms with Crippen LogP contribution in [-0.4, -0.2) is 25.5 Å². The van der Waals surface area contributed by atoms with Crippen molar-refractivity contribution in [3.05, 3.63) is 22.6 Å². The first kappa shape index (κ1) is 15.6. The molecule has 0 spiro atoms. The Balaban J connectivity index is 2.09. The summed E-state index contributed by atoms with van der Waals surface area (Å²) in [6.07, 6.45) is 9.22. The predicted molar refractivity (Wildman–Crippen MR) is 94.2 cm³/mol. The molecule has 114 valence electrons. The van der Waals surface area contributed by atoms with Gasteiger partial charge in [0.2, 0.25) is 0 Å². The fourth-order valence-electron chi connectivity index (χ4n) is 3.20. The van der Waals surface area contributed by atoms with E-state index in [1.807, 2.05) is 30.9 Å². The number of halogens is 2. The smallest absolute Gasteiger partial charge is 0.160 e. The van der Waals surface area contributed by atoms with Crippen LogP contribution in [0.3, 0.4) is 0 Å². The van der Waals surface area contributed by atoms with Crippen molar-refractivity contribution in [2.75, 3.05) is 6.26 Å². The van der Waals surface area contributed by atoms with Gasteiger partial charge < -0.3 is 4.57 Å². The highest BCUT2D eigenvalue weighted by atomic mass is 79.9. The van der Waals surface area contributed by atoms with Crippen LogP contribution in [0.2, 0.25) is 0 Å². The minimum absolute atomic E-state index is 0.113. The van der Waals surface area contributed by atoms with Gasteiger partial charge in [-0.1, -0.05) is 12.8 Å². The molecule has 0 aromatic carbocycles. The van der Waals surface area contributed by atoms with E-state index in [1.54, 1.807) is 0 Å². The molecule has 0 aliphatic heterocycles. The number of thioether (sulfide) groups is 1. The molecule has 1 atom stereocenters. The first-order chi connectivity index (χ1) is 10.0. The summed E-state index contributed by atoms with van der Waals surface area (Å²) < 4.78 is 3.50. The van der Waals surface area contributed by atoms with Gasteiger partial charge in [-0.25, -0.2) is 9.97 Å². The zero-order valence-corrected chi connectivity index (χ0v) is 15.4. The van der Waals surface area contributed by atoms with Crippen molar-refractivity contribution in [1.29, 1.82) is 0 Å². The van der Waals surface area contributed by atoms with Crippen LogP contribution in [0.25, 0.3) is 11.2 Å². The predicted octanol–water partition coefficient (Wildman–Crippen LogP) is 5.17. The molecule has 2 aromatic heterocycles. The Kier molecular flexibility index (Phi) is 4.53. The lowest BCUT2D eigenvalue weighted by molar-refractivity contribution is 0.499. The standard InChI is InChI=1S/C15H19BrClN3S/c1-10(17)13-19-12-7-11(16)8-18-14(12)20(13)9-15(21-2)5-3-4-6-15/h7-8,10H,3-6,9H2,1-2H3. The number of fused-ring (bicyclic) bond motifs is 1. The van der Waals surface area contributed by atoms with Crippen molar-refractivity contribution < 1.29 is 0 Å².